The Morgan fingerprint density at radius 2 is 1.65 bits per heavy atom. The Bertz CT molecular complexity index is 1840. The fourth-order valence-electron chi connectivity index (χ4n) is 5.94. The molecule has 3 aromatic heterocycles. The molecule has 1 aliphatic heterocycles. The first-order chi connectivity index (χ1) is 20.7. The highest BCUT2D eigenvalue weighted by Crippen LogP contribution is 2.47. The van der Waals surface area contributed by atoms with Gasteiger partial charge in [-0.05, 0) is 50.8 Å². The molecule has 0 radical (unpaired) electrons. The van der Waals surface area contributed by atoms with Gasteiger partial charge in [0.05, 0.1) is 22.5 Å². The Kier molecular flexibility index (Phi) is 6.51. The molecule has 43 heavy (non-hydrogen) atoms. The van der Waals surface area contributed by atoms with Crippen LogP contribution in [0.1, 0.15) is 55.8 Å². The van der Waals surface area contributed by atoms with Gasteiger partial charge in [0.15, 0.2) is 11.5 Å². The van der Waals surface area contributed by atoms with Crippen LogP contribution >= 0.6 is 0 Å². The number of piperazine rings is 1. The molecule has 3 fully saturated rings. The number of hydrogen-bond donors (Lipinski definition) is 0. The summed E-state index contributed by atoms with van der Waals surface area (Å²) in [6, 6.07) is 6.58. The molecule has 3 aliphatic rings. The van der Waals surface area contributed by atoms with Gasteiger partial charge in [-0.2, -0.15) is 4.98 Å². The number of rotatable bonds is 6. The normalized spacial score (nSPS) is 18.7. The molecule has 220 valence electrons. The number of anilines is 1. The topological polar surface area (TPSA) is 97.1 Å². The number of pyridine rings is 1. The Balaban J connectivity index is 1.47. The summed E-state index contributed by atoms with van der Waals surface area (Å²) >= 11 is 0. The molecule has 12 heteroatoms. The fourth-order valence-corrected chi connectivity index (χ4v) is 5.94. The van der Waals surface area contributed by atoms with Crippen LogP contribution in [-0.4, -0.2) is 61.0 Å². The third kappa shape index (κ3) is 4.74. The second-order valence-electron chi connectivity index (χ2n) is 11.5. The van der Waals surface area contributed by atoms with Crippen LogP contribution in [0, 0.1) is 11.6 Å². The van der Waals surface area contributed by atoms with E-state index in [0.29, 0.717) is 5.69 Å². The molecule has 4 heterocycles. The van der Waals surface area contributed by atoms with E-state index in [-0.39, 0.29) is 59.6 Å². The van der Waals surface area contributed by atoms with Crippen molar-refractivity contribution >= 4 is 22.8 Å². The van der Waals surface area contributed by atoms with Gasteiger partial charge in [0.2, 0.25) is 0 Å². The summed E-state index contributed by atoms with van der Waals surface area (Å²) in [5.41, 5.74) is 1.14. The van der Waals surface area contributed by atoms with Crippen LogP contribution in [0.15, 0.2) is 53.9 Å². The van der Waals surface area contributed by atoms with E-state index in [1.165, 1.54) is 40.1 Å². The van der Waals surface area contributed by atoms with Gasteiger partial charge in [0, 0.05) is 43.1 Å². The van der Waals surface area contributed by atoms with E-state index in [4.69, 9.17) is 0 Å². The average Bonchev–Trinajstić information content (AvgIpc) is 3.91. The van der Waals surface area contributed by atoms with E-state index >= 15 is 4.39 Å². The second kappa shape index (κ2) is 10.3. The number of fused-ring (bicyclic) bond motifs is 1. The lowest BCUT2D eigenvalue weighted by molar-refractivity contribution is -0.129. The van der Waals surface area contributed by atoms with Gasteiger partial charge in [0.25, 0.3) is 5.91 Å². The number of aromatic nitrogens is 5. The van der Waals surface area contributed by atoms with Crippen LogP contribution < -0.4 is 10.6 Å². The standard InChI is InChI=1S/C31H28F3N7O2/c1-16-14-39(30(42)17(2)32)11-12-40(16)28-21-13-23(34)26(20-5-3-4-6-22(20)33)37-29(21)41(31(43)38-28)27-24(18-7-8-18)35-15-36-25(27)19-9-10-19/h3-6,13,15-16,18-19H,2,7-12,14H2,1H3/t16-/m0/s1. The fraction of sp³-hybridized carbons (Fsp3) is 0.355. The van der Waals surface area contributed by atoms with Crippen molar-refractivity contribution in [3.63, 3.8) is 0 Å². The monoisotopic (exact) mass is 587 g/mol. The zero-order chi connectivity index (χ0) is 30.0. The summed E-state index contributed by atoms with van der Waals surface area (Å²) in [7, 11) is 0. The first kappa shape index (κ1) is 27.2. The summed E-state index contributed by atoms with van der Waals surface area (Å²) < 4.78 is 45.7. The van der Waals surface area contributed by atoms with E-state index in [1.54, 1.807) is 17.9 Å². The number of carbonyl (C=O) groups is 1. The Morgan fingerprint density at radius 3 is 2.26 bits per heavy atom. The van der Waals surface area contributed by atoms with Crippen molar-refractivity contribution in [1.82, 2.24) is 29.4 Å². The zero-order valence-corrected chi connectivity index (χ0v) is 23.4. The lowest BCUT2D eigenvalue weighted by Crippen LogP contribution is -2.54. The second-order valence-corrected chi connectivity index (χ2v) is 11.5. The van der Waals surface area contributed by atoms with E-state index in [2.05, 4.69) is 26.5 Å². The molecule has 1 amide bonds. The van der Waals surface area contributed by atoms with E-state index in [9.17, 15) is 18.4 Å². The minimum Gasteiger partial charge on any atom is -0.350 e. The smallest absolute Gasteiger partial charge is 0.350 e. The molecule has 0 bridgehead atoms. The minimum absolute atomic E-state index is 0.0413. The highest BCUT2D eigenvalue weighted by Gasteiger charge is 2.37. The summed E-state index contributed by atoms with van der Waals surface area (Å²) in [6.45, 7) is 5.40. The maximum atomic E-state index is 15.9. The van der Waals surface area contributed by atoms with Crippen molar-refractivity contribution < 1.29 is 18.0 Å². The van der Waals surface area contributed by atoms with Crippen LogP contribution in [0.25, 0.3) is 28.0 Å². The average molecular weight is 588 g/mol. The molecule has 1 aromatic carbocycles. The predicted molar refractivity (Wildman–Crippen MR) is 154 cm³/mol. The number of carbonyl (C=O) groups excluding carboxylic acids is 1. The molecule has 1 saturated heterocycles. The molecule has 2 aliphatic carbocycles. The highest BCUT2D eigenvalue weighted by atomic mass is 19.1. The van der Waals surface area contributed by atoms with Gasteiger partial charge in [-0.1, -0.05) is 18.7 Å². The van der Waals surface area contributed by atoms with Gasteiger partial charge in [-0.15, -0.1) is 0 Å². The molecule has 0 unspecified atom stereocenters. The van der Waals surface area contributed by atoms with Gasteiger partial charge < -0.3 is 9.80 Å². The number of amides is 1. The Hall–Kier alpha value is -4.61. The van der Waals surface area contributed by atoms with E-state index in [1.807, 2.05) is 0 Å². The summed E-state index contributed by atoms with van der Waals surface area (Å²) in [5, 5.41) is 0.242. The minimum atomic E-state index is -1.05. The summed E-state index contributed by atoms with van der Waals surface area (Å²) in [6.07, 6.45) is 5.19. The zero-order valence-electron chi connectivity index (χ0n) is 23.4. The van der Waals surface area contributed by atoms with Gasteiger partial charge in [-0.3, -0.25) is 4.79 Å². The quantitative estimate of drug-likeness (QED) is 0.299. The van der Waals surface area contributed by atoms with Crippen molar-refractivity contribution in [2.45, 2.75) is 50.5 Å². The van der Waals surface area contributed by atoms with Crippen molar-refractivity contribution in [3.05, 3.63) is 82.6 Å². The van der Waals surface area contributed by atoms with Crippen LogP contribution in [0.5, 0.6) is 0 Å². The Morgan fingerprint density at radius 1 is 0.977 bits per heavy atom. The lowest BCUT2D eigenvalue weighted by atomic mass is 10.1. The van der Waals surface area contributed by atoms with Gasteiger partial charge in [-0.25, -0.2) is 37.5 Å². The van der Waals surface area contributed by atoms with Crippen molar-refractivity contribution in [1.29, 1.82) is 0 Å². The Labute approximate surface area is 244 Å². The van der Waals surface area contributed by atoms with E-state index in [0.717, 1.165) is 37.1 Å². The SMILES string of the molecule is C=C(F)C(=O)N1CCN(c2nc(=O)n(-c3c(C4CC4)ncnc3C3CC3)c3nc(-c4ccccc4F)c(F)cc23)[C@@H](C)C1. The molecular weight excluding hydrogens is 559 g/mol. The molecule has 1 atom stereocenters. The molecule has 7 rings (SSSR count). The van der Waals surface area contributed by atoms with E-state index < -0.39 is 35.1 Å². The molecular formula is C31H28F3N7O2. The van der Waals surface area contributed by atoms with Crippen molar-refractivity contribution in [3.8, 4) is 16.9 Å². The lowest BCUT2D eigenvalue weighted by Gasteiger charge is -2.40. The number of hydrogen-bond acceptors (Lipinski definition) is 7. The molecule has 2 saturated carbocycles. The van der Waals surface area contributed by atoms with Crippen LogP contribution in [0.4, 0.5) is 19.0 Å². The van der Waals surface area contributed by atoms with Crippen LogP contribution in [-0.2, 0) is 4.79 Å². The van der Waals surface area contributed by atoms with Crippen LogP contribution in [0.2, 0.25) is 0 Å². The highest BCUT2D eigenvalue weighted by molar-refractivity contribution is 5.92. The predicted octanol–water partition coefficient (Wildman–Crippen LogP) is 4.79. The first-order valence-corrected chi connectivity index (χ1v) is 14.4. The first-order valence-electron chi connectivity index (χ1n) is 14.4. The summed E-state index contributed by atoms with van der Waals surface area (Å²) in [5.74, 6) is -2.80. The third-order valence-electron chi connectivity index (χ3n) is 8.38. The number of nitrogens with zero attached hydrogens (tertiary/aromatic N) is 7. The molecule has 4 aromatic rings. The van der Waals surface area contributed by atoms with Crippen molar-refractivity contribution in [2.75, 3.05) is 24.5 Å². The van der Waals surface area contributed by atoms with Crippen molar-refractivity contribution in [2.24, 2.45) is 0 Å². The molecule has 0 spiro atoms. The third-order valence-corrected chi connectivity index (χ3v) is 8.38. The van der Waals surface area contributed by atoms with Gasteiger partial charge >= 0.3 is 5.69 Å². The summed E-state index contributed by atoms with van der Waals surface area (Å²) in [4.78, 5) is 47.7. The number of benzene rings is 1. The van der Waals surface area contributed by atoms with Crippen LogP contribution in [0.3, 0.4) is 0 Å². The molecule has 9 nitrogen and oxygen atoms in total. The van der Waals surface area contributed by atoms with Gasteiger partial charge in [0.1, 0.15) is 29.5 Å². The molecule has 0 N–H and O–H groups in total. The largest absolute Gasteiger partial charge is 0.355 e. The maximum absolute atomic E-state index is 15.9. The maximum Gasteiger partial charge on any atom is 0.355 e. The number of halogens is 3.